The van der Waals surface area contributed by atoms with E-state index in [4.69, 9.17) is 17.5 Å². The fourth-order valence-corrected chi connectivity index (χ4v) is 9.85. The molecule has 0 saturated carbocycles. The fraction of sp³-hybridized carbons (Fsp3) is 0. The number of fused-ring (bicyclic) bond motifs is 16. The molecule has 2 aliphatic rings. The second-order valence-corrected chi connectivity index (χ2v) is 15.7. The normalized spacial score (nSPS) is 12.4. The van der Waals surface area contributed by atoms with Crippen LogP contribution in [-0.4, -0.2) is 17.5 Å². The first-order chi connectivity index (χ1) is 18.8. The van der Waals surface area contributed by atoms with Gasteiger partial charge in [-0.1, -0.05) is 0 Å². The van der Waals surface area contributed by atoms with Crippen molar-refractivity contribution in [2.75, 3.05) is 0 Å². The maximum Gasteiger partial charge on any atom is 0.248 e. The number of hydrogen-bond donors (Lipinski definition) is 0. The van der Waals surface area contributed by atoms with Crippen LogP contribution in [0.3, 0.4) is 0 Å². The second kappa shape index (κ2) is 11.2. The Morgan fingerprint density at radius 3 is 0.872 bits per heavy atom. The van der Waals surface area contributed by atoms with Crippen molar-refractivity contribution < 1.29 is 17.5 Å². The van der Waals surface area contributed by atoms with Crippen molar-refractivity contribution in [2.45, 2.75) is 0 Å². The van der Waals surface area contributed by atoms with Gasteiger partial charge in [0.15, 0.2) is 0 Å². The highest BCUT2D eigenvalue weighted by Gasteiger charge is 2.19. The van der Waals surface area contributed by atoms with Gasteiger partial charge in [-0.15, -0.1) is 45.3 Å². The molecule has 7 rings (SSSR count). The van der Waals surface area contributed by atoms with E-state index in [1.807, 2.05) is 68.0 Å². The molecule has 12 bridgehead atoms. The van der Waals surface area contributed by atoms with Crippen molar-refractivity contribution >= 4 is 140 Å². The zero-order chi connectivity index (χ0) is 27.0. The van der Waals surface area contributed by atoms with Crippen molar-refractivity contribution in [2.24, 2.45) is 0 Å². The molecule has 5 aromatic rings. The van der Waals surface area contributed by atoms with E-state index in [2.05, 4.69) is 97.1 Å². The summed E-state index contributed by atoms with van der Waals surface area (Å²) < 4.78 is 44.6. The summed E-state index contributed by atoms with van der Waals surface area (Å²) in [6.45, 7) is 0. The lowest BCUT2D eigenvalue weighted by Gasteiger charge is -2.06. The molecular formula is C28H16O4S7. The molecule has 0 atom stereocenters. The molecule has 194 valence electrons. The summed E-state index contributed by atoms with van der Waals surface area (Å²) in [5, 5.41) is 0. The van der Waals surface area contributed by atoms with Crippen LogP contribution in [0.2, 0.25) is 0 Å². The van der Waals surface area contributed by atoms with Gasteiger partial charge in [0.25, 0.3) is 0 Å². The SMILES string of the molecule is C1=Cc2[s+]c1c1ccc(ccc3ccc(s3)c3[s+]c(c4ccc(ccc5ccc2s5)s4)C=C3)s1.O=S(=O)([O-])[O-]. The molecule has 0 spiro atoms. The van der Waals surface area contributed by atoms with E-state index in [0.29, 0.717) is 0 Å². The van der Waals surface area contributed by atoms with Crippen LogP contribution < -0.4 is 0 Å². The third-order valence-electron chi connectivity index (χ3n) is 5.51. The van der Waals surface area contributed by atoms with Gasteiger partial charge in [0, 0.05) is 53.5 Å². The molecule has 0 radical (unpaired) electrons. The lowest BCUT2D eigenvalue weighted by Crippen LogP contribution is -1.91. The molecule has 0 amide bonds. The molecule has 7 heterocycles. The Labute approximate surface area is 248 Å². The average molecular weight is 641 g/mol. The van der Waals surface area contributed by atoms with Gasteiger partial charge in [0.05, 0.1) is 18.8 Å². The van der Waals surface area contributed by atoms with Crippen molar-refractivity contribution in [3.05, 3.63) is 92.3 Å². The Kier molecular flexibility index (Phi) is 7.68. The highest BCUT2D eigenvalue weighted by molar-refractivity contribution is 7.79. The highest BCUT2D eigenvalue weighted by atomic mass is 32.3. The summed E-state index contributed by atoms with van der Waals surface area (Å²) in [5.74, 6) is 0. The van der Waals surface area contributed by atoms with Crippen LogP contribution in [-0.2, 0) is 10.4 Å². The first-order valence-corrected chi connectivity index (χ1v) is 17.6. The Morgan fingerprint density at radius 2 is 0.641 bits per heavy atom. The lowest BCUT2D eigenvalue weighted by molar-refractivity contribution is 0.352. The summed E-state index contributed by atoms with van der Waals surface area (Å²) in [6.07, 6.45) is 9.05. The molecule has 2 aliphatic heterocycles. The van der Waals surface area contributed by atoms with E-state index >= 15 is 0 Å². The first-order valence-electron chi connectivity index (χ1n) is 11.4. The summed E-state index contributed by atoms with van der Waals surface area (Å²) in [5.41, 5.74) is 0. The van der Waals surface area contributed by atoms with Crippen LogP contribution in [0, 0.1) is 0 Å². The molecular weight excluding hydrogens is 625 g/mol. The summed E-state index contributed by atoms with van der Waals surface area (Å²) in [7, 11) is -5.17. The van der Waals surface area contributed by atoms with Crippen LogP contribution in [0.4, 0.5) is 0 Å². The minimum absolute atomic E-state index is 1.29. The Hall–Kier alpha value is -2.45. The minimum atomic E-state index is -5.17. The van der Waals surface area contributed by atoms with E-state index < -0.39 is 10.4 Å². The quantitative estimate of drug-likeness (QED) is 0.0938. The molecule has 39 heavy (non-hydrogen) atoms. The van der Waals surface area contributed by atoms with E-state index in [0.717, 1.165) is 0 Å². The topological polar surface area (TPSA) is 80.3 Å². The largest absolute Gasteiger partial charge is 0.759 e. The predicted molar refractivity (Wildman–Crippen MR) is 174 cm³/mol. The molecule has 0 aliphatic carbocycles. The van der Waals surface area contributed by atoms with Crippen molar-refractivity contribution in [3.8, 4) is 0 Å². The lowest BCUT2D eigenvalue weighted by atomic mass is 10.3. The van der Waals surface area contributed by atoms with Gasteiger partial charge in [-0.05, 0) is 72.8 Å². The molecule has 0 aromatic carbocycles. The number of thiophene rings is 4. The Morgan fingerprint density at radius 1 is 0.436 bits per heavy atom. The minimum Gasteiger partial charge on any atom is -0.759 e. The third kappa shape index (κ3) is 6.65. The van der Waals surface area contributed by atoms with Crippen molar-refractivity contribution in [1.29, 1.82) is 0 Å². The highest BCUT2D eigenvalue weighted by Crippen LogP contribution is 2.37. The smallest absolute Gasteiger partial charge is 0.248 e. The first kappa shape index (κ1) is 26.8. The number of rotatable bonds is 0. The zero-order valence-corrected chi connectivity index (χ0v) is 25.4. The van der Waals surface area contributed by atoms with Crippen LogP contribution in [0.5, 0.6) is 0 Å². The molecule has 4 nitrogen and oxygen atoms in total. The maximum atomic E-state index is 8.52. The fourth-order valence-electron chi connectivity index (χ4n) is 3.83. The molecule has 0 N–H and O–H groups in total. The van der Waals surface area contributed by atoms with Gasteiger partial charge >= 0.3 is 0 Å². The van der Waals surface area contributed by atoms with Gasteiger partial charge in [-0.25, -0.2) is 0 Å². The van der Waals surface area contributed by atoms with Gasteiger partial charge in [0.2, 0.25) is 42.2 Å². The predicted octanol–water partition coefficient (Wildman–Crippen LogP) is 10.2. The zero-order valence-electron chi connectivity index (χ0n) is 19.7. The molecule has 0 fully saturated rings. The van der Waals surface area contributed by atoms with Crippen molar-refractivity contribution in [1.82, 2.24) is 0 Å². The summed E-state index contributed by atoms with van der Waals surface area (Å²) >= 11 is 11.2. The van der Waals surface area contributed by atoms with E-state index in [1.165, 1.54) is 57.1 Å². The molecule has 0 unspecified atom stereocenters. The maximum absolute atomic E-state index is 8.52. The third-order valence-corrected chi connectivity index (χ3v) is 12.7. The molecule has 5 aromatic heterocycles. The second-order valence-electron chi connectivity index (χ2n) is 8.21. The van der Waals surface area contributed by atoms with E-state index in [-0.39, 0.29) is 0 Å². The monoisotopic (exact) mass is 640 g/mol. The van der Waals surface area contributed by atoms with Crippen molar-refractivity contribution in [3.63, 3.8) is 0 Å². The van der Waals surface area contributed by atoms with E-state index in [1.54, 1.807) is 0 Å². The number of hydrogen-bond acceptors (Lipinski definition) is 8. The van der Waals surface area contributed by atoms with Crippen LogP contribution in [0.15, 0.2) is 72.8 Å². The van der Waals surface area contributed by atoms with Gasteiger partial charge in [-0.3, -0.25) is 8.42 Å². The van der Waals surface area contributed by atoms with Crippen LogP contribution in [0.25, 0.3) is 61.9 Å². The van der Waals surface area contributed by atoms with E-state index in [9.17, 15) is 0 Å². The standard InChI is InChI=1S/C28H16S6.H2O4S/c1-2-18-6-10-22(30-18)26-15-16-28(34-26)24-12-8-20(32-24)4-3-19-7-11-23(31-19)27-14-13-25(33-27)21-9-5-17(1)29-21;1-5(2,3)4/h1-16H;(H2,1,2,3,4)/q+2;/p-2. The van der Waals surface area contributed by atoms with Gasteiger partial charge in [0.1, 0.15) is 0 Å². The summed E-state index contributed by atoms with van der Waals surface area (Å²) in [4.78, 5) is 5.35. The van der Waals surface area contributed by atoms with Crippen LogP contribution >= 0.6 is 68.0 Å². The van der Waals surface area contributed by atoms with Crippen LogP contribution in [0.1, 0.15) is 19.5 Å². The van der Waals surface area contributed by atoms with Gasteiger partial charge in [-0.2, -0.15) is 0 Å². The van der Waals surface area contributed by atoms with Gasteiger partial charge < -0.3 is 9.11 Å². The Bertz CT molecular complexity index is 1850. The summed E-state index contributed by atoms with van der Waals surface area (Å²) in [6, 6.07) is 26.9. The Balaban J connectivity index is 0.000000510. The average Bonchev–Trinajstić information content (AvgIpc) is 3.72. The molecule has 0 saturated heterocycles. The molecule has 11 heteroatoms.